The molecule has 0 saturated carbocycles. The zero-order valence-corrected chi connectivity index (χ0v) is 11.2. The fourth-order valence-corrected chi connectivity index (χ4v) is 2.61. The van der Waals surface area contributed by atoms with Gasteiger partial charge in [-0.05, 0) is 0 Å². The van der Waals surface area contributed by atoms with Gasteiger partial charge in [-0.3, -0.25) is 18.9 Å². The Morgan fingerprint density at radius 2 is 1.78 bits per heavy atom. The fourth-order valence-electron chi connectivity index (χ4n) is 1.98. The zero-order valence-electron chi connectivity index (χ0n) is 10.3. The number of aliphatic hydroxyl groups excluding tert-OH is 3. The van der Waals surface area contributed by atoms with Crippen LogP contribution in [-0.4, -0.2) is 118 Å². The molecule has 0 radical (unpaired) electrons. The van der Waals surface area contributed by atoms with Crippen molar-refractivity contribution in [2.24, 2.45) is 0 Å². The number of hydrogen-bond donors (Lipinski definition) is 6. The second-order valence-electron chi connectivity index (χ2n) is 4.49. The van der Waals surface area contributed by atoms with Gasteiger partial charge < -0.3 is 29.8 Å². The molecule has 0 bridgehead atoms. The van der Waals surface area contributed by atoms with Crippen molar-refractivity contribution in [1.82, 2.24) is 9.55 Å². The van der Waals surface area contributed by atoms with Crippen LogP contribution in [0.4, 0.5) is 0 Å². The van der Waals surface area contributed by atoms with Crippen molar-refractivity contribution in [3.05, 3.63) is 33.1 Å². The third-order valence-electron chi connectivity index (χ3n) is 3.04. The van der Waals surface area contributed by atoms with Crippen molar-refractivity contribution in [3.63, 3.8) is 0 Å². The van der Waals surface area contributed by atoms with Crippen LogP contribution < -0.4 is 11.2 Å². The van der Waals surface area contributed by atoms with Crippen LogP contribution in [0.1, 0.15) is 6.23 Å². The van der Waals surface area contributed by atoms with Crippen molar-refractivity contribution < 1.29 is 34.4 Å². The van der Waals surface area contributed by atoms with Gasteiger partial charge in [0.2, 0.25) is 0 Å². The van der Waals surface area contributed by atoms with Crippen molar-refractivity contribution in [3.8, 4) is 0 Å². The van der Waals surface area contributed by atoms with Crippen molar-refractivity contribution in [2.75, 3.05) is 0 Å². The van der Waals surface area contributed by atoms with Crippen molar-refractivity contribution in [1.29, 1.82) is 0 Å². The van der Waals surface area contributed by atoms with E-state index >= 15 is 0 Å². The molecule has 0 unspecified atom stereocenters. The second kappa shape index (κ2) is 8.86. The van der Waals surface area contributed by atoms with E-state index < -0.39 is 49.2 Å². The van der Waals surface area contributed by atoms with Crippen LogP contribution in [0.3, 0.4) is 0 Å². The maximum absolute atomic E-state index is 11.6. The van der Waals surface area contributed by atoms with Gasteiger partial charge in [0.15, 0.2) is 12.1 Å². The van der Waals surface area contributed by atoms with Crippen LogP contribution >= 0.6 is 7.60 Å². The molecule has 1 aliphatic heterocycles. The van der Waals surface area contributed by atoms with Crippen LogP contribution in [0.2, 0.25) is 0 Å². The molecule has 14 heteroatoms. The molecule has 1 saturated heterocycles. The Kier molecular flexibility index (Phi) is 9.11. The van der Waals surface area contributed by atoms with E-state index in [1.54, 1.807) is 0 Å². The number of nitrogens with zero attached hydrogens (tertiary/aromatic N) is 1. The first kappa shape index (κ1) is 23.7. The predicted octanol–water partition coefficient (Wildman–Crippen LogP) is -4.65. The molecule has 122 valence electrons. The third kappa shape index (κ3) is 5.08. The predicted molar refractivity (Wildman–Crippen MR) is 79.6 cm³/mol. The molecule has 2 rings (SSSR count). The molecule has 2 heterocycles. The number of aliphatic hydroxyl groups is 3. The monoisotopic (exact) mass is 372 g/mol. The topological polar surface area (TPSA) is 182 Å². The maximum atomic E-state index is 11.6. The average Bonchev–Trinajstić information content (AvgIpc) is 2.65. The van der Waals surface area contributed by atoms with Crippen LogP contribution in [0, 0.1) is 0 Å². The molecule has 5 atom stereocenters. The molecule has 1 fully saturated rings. The Bertz CT molecular complexity index is 688. The SMILES string of the molecule is O=c1ccn([C@@H]2O[C@H]([C@H](O)P(=O)(O)O)[C@@H](O)[C@H]2O)c(=O)[nH]1.[NaH].[NaH]. The molecule has 1 aromatic heterocycles. The summed E-state index contributed by atoms with van der Waals surface area (Å²) < 4.78 is 16.7. The van der Waals surface area contributed by atoms with E-state index in [4.69, 9.17) is 14.5 Å². The van der Waals surface area contributed by atoms with Gasteiger partial charge in [-0.25, -0.2) is 4.79 Å². The standard InChI is InChI=1S/C9H13N2O9P.2Na.2H/c12-3-1-2-11(9(16)10-3)7-5(14)4(13)6(20-7)8(15)21(17,18)19;;;;/h1-2,4-8,13-15H,(H,10,12,16)(H2,17,18,19);;;;/t4-,5+,6-,7+,8+;;;;/m0..../s1. The first-order valence-corrected chi connectivity index (χ1v) is 7.37. The van der Waals surface area contributed by atoms with Gasteiger partial charge in [-0.2, -0.15) is 0 Å². The van der Waals surface area contributed by atoms with E-state index in [-0.39, 0.29) is 59.1 Å². The molecule has 11 nitrogen and oxygen atoms in total. The normalized spacial score (nSPS) is 28.6. The number of rotatable bonds is 3. The van der Waals surface area contributed by atoms with Gasteiger partial charge in [0.05, 0.1) is 0 Å². The first-order valence-electron chi connectivity index (χ1n) is 5.69. The molecule has 0 amide bonds. The number of aromatic nitrogens is 2. The minimum absolute atomic E-state index is 0. The first-order chi connectivity index (χ1) is 9.62. The Hall–Kier alpha value is 0.670. The zero-order chi connectivity index (χ0) is 15.9. The van der Waals surface area contributed by atoms with Crippen LogP contribution in [0.25, 0.3) is 0 Å². The van der Waals surface area contributed by atoms with E-state index in [0.717, 1.165) is 16.8 Å². The van der Waals surface area contributed by atoms with Gasteiger partial charge in [0, 0.05) is 12.3 Å². The Morgan fingerprint density at radius 1 is 1.22 bits per heavy atom. The van der Waals surface area contributed by atoms with E-state index in [0.29, 0.717) is 0 Å². The Labute approximate surface area is 173 Å². The number of hydrogen-bond acceptors (Lipinski definition) is 7. The number of nitrogens with one attached hydrogen (secondary N) is 1. The summed E-state index contributed by atoms with van der Waals surface area (Å²) in [5.41, 5.74) is -1.65. The van der Waals surface area contributed by atoms with Gasteiger partial charge in [-0.1, -0.05) is 0 Å². The molecular weight excluding hydrogens is 357 g/mol. The average molecular weight is 372 g/mol. The fraction of sp³-hybridized carbons (Fsp3) is 0.556. The quantitative estimate of drug-likeness (QED) is 0.224. The summed E-state index contributed by atoms with van der Waals surface area (Å²) in [6, 6.07) is 0.955. The van der Waals surface area contributed by atoms with Gasteiger partial charge in [0.1, 0.15) is 18.3 Å². The van der Waals surface area contributed by atoms with Crippen molar-refractivity contribution in [2.45, 2.75) is 30.4 Å². The van der Waals surface area contributed by atoms with E-state index in [9.17, 15) is 29.5 Å². The molecule has 0 aliphatic carbocycles. The minimum atomic E-state index is -4.99. The summed E-state index contributed by atoms with van der Waals surface area (Å²) in [7, 11) is -4.99. The summed E-state index contributed by atoms with van der Waals surface area (Å²) in [4.78, 5) is 42.1. The van der Waals surface area contributed by atoms with E-state index in [2.05, 4.69) is 0 Å². The summed E-state index contributed by atoms with van der Waals surface area (Å²) in [5.74, 6) is -2.37. The van der Waals surface area contributed by atoms with Crippen LogP contribution in [0.5, 0.6) is 0 Å². The summed E-state index contributed by atoms with van der Waals surface area (Å²) >= 11 is 0. The van der Waals surface area contributed by atoms with Crippen molar-refractivity contribution >= 4 is 66.7 Å². The van der Waals surface area contributed by atoms with E-state index in [1.165, 1.54) is 0 Å². The van der Waals surface area contributed by atoms with Crippen LogP contribution in [0.15, 0.2) is 21.9 Å². The summed E-state index contributed by atoms with van der Waals surface area (Å²) in [6.07, 6.45) is -5.91. The molecule has 1 aliphatic rings. The molecule has 0 aromatic carbocycles. The van der Waals surface area contributed by atoms with Gasteiger partial charge in [0.25, 0.3) is 5.56 Å². The molecule has 1 aromatic rings. The van der Waals surface area contributed by atoms with E-state index in [1.807, 2.05) is 4.98 Å². The Morgan fingerprint density at radius 3 is 2.26 bits per heavy atom. The number of aromatic amines is 1. The summed E-state index contributed by atoms with van der Waals surface area (Å²) in [6.45, 7) is 0. The van der Waals surface area contributed by atoms with Crippen LogP contribution in [-0.2, 0) is 9.30 Å². The van der Waals surface area contributed by atoms with Gasteiger partial charge in [-0.15, -0.1) is 0 Å². The number of ether oxygens (including phenoxy) is 1. The molecule has 0 spiro atoms. The third-order valence-corrected chi connectivity index (χ3v) is 4.02. The number of H-pyrrole nitrogens is 1. The Balaban J connectivity index is 0.00000242. The van der Waals surface area contributed by atoms with Gasteiger partial charge >= 0.3 is 72.4 Å². The molecular formula is C9H15N2Na2O9P. The second-order valence-corrected chi connectivity index (χ2v) is 6.20. The molecule has 23 heavy (non-hydrogen) atoms. The summed E-state index contributed by atoms with van der Waals surface area (Å²) in [5, 5.41) is 28.9. The molecule has 6 N–H and O–H groups in total.